The molecule has 6 atom stereocenters. The lowest BCUT2D eigenvalue weighted by atomic mass is 10.1. The van der Waals surface area contributed by atoms with Gasteiger partial charge in [-0.15, -0.1) is 0 Å². The Morgan fingerprint density at radius 1 is 0.389 bits per heavy atom. The van der Waals surface area contributed by atoms with Crippen molar-refractivity contribution in [3.8, 4) is 0 Å². The van der Waals surface area contributed by atoms with Crippen LogP contribution in [0.1, 0.15) is 71.6 Å². The van der Waals surface area contributed by atoms with E-state index in [1.165, 1.54) is 0 Å². The van der Waals surface area contributed by atoms with Gasteiger partial charge in [0.05, 0.1) is 0 Å². The molecule has 0 radical (unpaired) electrons. The molecule has 33 heteroatoms. The van der Waals surface area contributed by atoms with Crippen LogP contribution in [0, 0.1) is 21.6 Å². The van der Waals surface area contributed by atoms with Gasteiger partial charge in [0.15, 0.2) is 23.8 Å². The van der Waals surface area contributed by atoms with Crippen LogP contribution in [0.5, 0.6) is 0 Å². The zero-order valence-electron chi connectivity index (χ0n) is 41.3. The zero-order valence-corrected chi connectivity index (χ0v) is 42.2. The molecule has 30 N–H and O–H groups in total. The fourth-order valence-corrected chi connectivity index (χ4v) is 6.52. The van der Waals surface area contributed by atoms with Gasteiger partial charge in [0.1, 0.15) is 0 Å². The number of hydrogen-bond acceptors (Lipinski definition) is 12. The monoisotopic (exact) mass is 1050 g/mol. The molecule has 3 unspecified atom stereocenters. The summed E-state index contributed by atoms with van der Waals surface area (Å²) in [7, 11) is 0. The summed E-state index contributed by atoms with van der Waals surface area (Å²) in [6.07, 6.45) is 3.81. The number of urea groups is 6. The Morgan fingerprint density at radius 3 is 0.931 bits per heavy atom. The van der Waals surface area contributed by atoms with Crippen molar-refractivity contribution in [2.24, 2.45) is 28.7 Å². The summed E-state index contributed by atoms with van der Waals surface area (Å²) in [6, 6.07) is -6.84. The first-order valence-corrected chi connectivity index (χ1v) is 24.2. The quantitative estimate of drug-likeness (QED) is 0.0121. The summed E-state index contributed by atoms with van der Waals surface area (Å²) in [5.41, 5.74) is 26.6. The summed E-state index contributed by atoms with van der Waals surface area (Å²) in [5, 5.41) is 72.7. The highest BCUT2D eigenvalue weighted by Gasteiger charge is 2.20. The second-order valence-electron chi connectivity index (χ2n) is 16.6. The molecule has 0 bridgehead atoms. The predicted molar refractivity (Wildman–Crippen MR) is 278 cm³/mol. The van der Waals surface area contributed by atoms with Crippen LogP contribution >= 0.6 is 12.6 Å². The van der Waals surface area contributed by atoms with Crippen LogP contribution in [0.4, 0.5) is 28.8 Å². The molecule has 13 amide bonds. The average molecular weight is 1050 g/mol. The Balaban J connectivity index is 5.35. The van der Waals surface area contributed by atoms with Crippen LogP contribution in [0.3, 0.4) is 0 Å². The maximum Gasteiger partial charge on any atom is 0.315 e. The number of rotatable bonds is 36. The minimum atomic E-state index is -0.762. The molecular weight excluding hydrogens is 963 g/mol. The van der Waals surface area contributed by atoms with Gasteiger partial charge < -0.3 is 114 Å². The third kappa shape index (κ3) is 39.4. The summed E-state index contributed by atoms with van der Waals surface area (Å²) in [5.74, 6) is -0.698. The van der Waals surface area contributed by atoms with Crippen LogP contribution < -0.4 is 114 Å². The molecular formula is C39H83N25O7S. The lowest BCUT2D eigenvalue weighted by Gasteiger charge is -2.24. The first-order chi connectivity index (χ1) is 34.1. The van der Waals surface area contributed by atoms with Crippen molar-refractivity contribution in [1.29, 1.82) is 21.6 Å². The molecule has 0 spiro atoms. The number of carbonyl (C=O) groups is 7. The molecule has 72 heavy (non-hydrogen) atoms. The molecule has 0 aromatic carbocycles. The first-order valence-electron chi connectivity index (χ1n) is 23.5. The van der Waals surface area contributed by atoms with Crippen LogP contribution in [0.15, 0.2) is 0 Å². The third-order valence-electron chi connectivity index (χ3n) is 9.83. The van der Waals surface area contributed by atoms with E-state index in [9.17, 15) is 33.6 Å². The molecule has 0 aliphatic heterocycles. The number of guanidine groups is 4. The molecule has 0 rings (SSSR count). The van der Waals surface area contributed by atoms with E-state index < -0.39 is 72.4 Å². The lowest BCUT2D eigenvalue weighted by Crippen LogP contribution is -2.54. The van der Waals surface area contributed by atoms with E-state index in [2.05, 4.69) is 97.7 Å². The van der Waals surface area contributed by atoms with Crippen LogP contribution in [0.2, 0.25) is 0 Å². The molecule has 0 saturated carbocycles. The number of amides is 13. The number of thiol groups is 1. The van der Waals surface area contributed by atoms with Gasteiger partial charge in [0.2, 0.25) is 5.91 Å². The smallest absolute Gasteiger partial charge is 0.315 e. The normalized spacial score (nSPS) is 12.9. The van der Waals surface area contributed by atoms with Crippen molar-refractivity contribution >= 4 is 78.6 Å². The van der Waals surface area contributed by atoms with Gasteiger partial charge in [-0.25, -0.2) is 28.8 Å². The van der Waals surface area contributed by atoms with Crippen molar-refractivity contribution < 1.29 is 33.6 Å². The number of nitrogens with one attached hydrogen (secondary N) is 20. The molecule has 0 aromatic heterocycles. The Hall–Kier alpha value is -7.48. The van der Waals surface area contributed by atoms with E-state index in [4.69, 9.17) is 50.3 Å². The van der Waals surface area contributed by atoms with Crippen molar-refractivity contribution in [2.75, 3.05) is 71.2 Å². The summed E-state index contributed by atoms with van der Waals surface area (Å²) in [6.45, 7) is 4.92. The van der Waals surface area contributed by atoms with Gasteiger partial charge in [-0.1, -0.05) is 0 Å². The topological polar surface area (TPSA) is 537 Å². The second kappa shape index (κ2) is 39.3. The Labute approximate surface area is 425 Å². The highest BCUT2D eigenvalue weighted by molar-refractivity contribution is 7.80. The van der Waals surface area contributed by atoms with Crippen molar-refractivity contribution in [3.05, 3.63) is 0 Å². The van der Waals surface area contributed by atoms with Gasteiger partial charge in [0, 0.05) is 108 Å². The first kappa shape index (κ1) is 64.5. The summed E-state index contributed by atoms with van der Waals surface area (Å²) in [4.78, 5) is 87.9. The maximum atomic E-state index is 13.2. The van der Waals surface area contributed by atoms with Crippen LogP contribution in [-0.2, 0) is 4.79 Å². The number of primary amides is 1. The Kier molecular flexibility index (Phi) is 35.2. The van der Waals surface area contributed by atoms with E-state index in [0.29, 0.717) is 83.3 Å². The predicted octanol–water partition coefficient (Wildman–Crippen LogP) is -5.11. The van der Waals surface area contributed by atoms with E-state index in [1.807, 2.05) is 0 Å². The summed E-state index contributed by atoms with van der Waals surface area (Å²) < 4.78 is 0. The molecule has 0 saturated heterocycles. The SMILES string of the molecule is CC(CNC(=O)N[C@@H](CCCNC(=N)N)CNC(N)=O)NC(=O)NC[C@H](CCCNC(=N)N)NC(=O)NCC(CCCNC(=N)N)NC(=O)NC[C@H](C)NC(=O)NCC(CCCNC(=N)N)NC(=O)CCS. The number of carbonyl (C=O) groups excluding carboxylic acids is 7. The van der Waals surface area contributed by atoms with E-state index in [1.54, 1.807) is 13.8 Å². The minimum Gasteiger partial charge on any atom is -0.370 e. The van der Waals surface area contributed by atoms with Gasteiger partial charge in [-0.3, -0.25) is 26.4 Å². The average Bonchev–Trinajstić information content (AvgIpc) is 3.29. The maximum absolute atomic E-state index is 13.2. The van der Waals surface area contributed by atoms with Crippen molar-refractivity contribution in [3.63, 3.8) is 0 Å². The number of hydrogen-bond donors (Lipinski definition) is 26. The number of nitrogens with two attached hydrogens (primary N) is 5. The zero-order chi connectivity index (χ0) is 54.3. The van der Waals surface area contributed by atoms with E-state index in [-0.39, 0.29) is 75.4 Å². The second-order valence-corrected chi connectivity index (χ2v) is 17.0. The fraction of sp³-hybridized carbons (Fsp3) is 0.718. The Bertz CT molecular complexity index is 1720. The van der Waals surface area contributed by atoms with Crippen LogP contribution in [0.25, 0.3) is 0 Å². The third-order valence-corrected chi connectivity index (χ3v) is 10.1. The molecule has 0 aliphatic carbocycles. The van der Waals surface area contributed by atoms with Crippen LogP contribution in [-0.4, -0.2) is 173 Å². The summed E-state index contributed by atoms with van der Waals surface area (Å²) >= 11 is 4.08. The molecule has 0 aliphatic rings. The van der Waals surface area contributed by atoms with E-state index in [0.717, 1.165) is 0 Å². The van der Waals surface area contributed by atoms with Crippen molar-refractivity contribution in [2.45, 2.75) is 108 Å². The molecule has 0 fully saturated rings. The van der Waals surface area contributed by atoms with Gasteiger partial charge in [-0.2, -0.15) is 12.6 Å². The van der Waals surface area contributed by atoms with Crippen molar-refractivity contribution in [1.82, 2.24) is 85.1 Å². The highest BCUT2D eigenvalue weighted by atomic mass is 32.1. The largest absolute Gasteiger partial charge is 0.370 e. The molecule has 0 heterocycles. The lowest BCUT2D eigenvalue weighted by molar-refractivity contribution is -0.121. The van der Waals surface area contributed by atoms with Gasteiger partial charge in [0.25, 0.3) is 0 Å². The minimum absolute atomic E-state index is 0.0223. The molecule has 412 valence electrons. The molecule has 32 nitrogen and oxygen atoms in total. The van der Waals surface area contributed by atoms with E-state index >= 15 is 0 Å². The van der Waals surface area contributed by atoms with Gasteiger partial charge in [-0.05, 0) is 71.0 Å². The fourth-order valence-electron chi connectivity index (χ4n) is 6.31. The Morgan fingerprint density at radius 2 is 0.653 bits per heavy atom. The molecule has 0 aromatic rings. The standard InChI is InChI=1S/C39H83N25O7S/c1-23(59-35(67)56-20-25(61-29(65)11-16-72)7-3-12-49-30(40)41)18-55-38(70)63-28(10-6-15-52-33(46)47)22-58-39(71)64-27(9-5-14-51-32(44)45)21-57-36(68)60-24(2)17-54-37(69)62-26(19-53-34(48)66)8-4-13-50-31(42)43/h23-28,72H,3-22H2,1-2H3,(H,61,65)(H4,40,41,49)(H4,42,43,50)(H4,44,45,51)(H4,46,47,52)(H3,48,53,66)(H2,54,62,69)(H2,55,63,70)(H2,56,59,67)(H2,57,60,68)(H2,58,64,71)/t23-,24?,25?,26-,27-,28?/m0/s1. The van der Waals surface area contributed by atoms with Gasteiger partial charge >= 0.3 is 36.2 Å². The highest BCUT2D eigenvalue weighted by Crippen LogP contribution is 2.01.